The van der Waals surface area contributed by atoms with Gasteiger partial charge in [0.2, 0.25) is 0 Å². The Morgan fingerprint density at radius 1 is 1.47 bits per heavy atom. The summed E-state index contributed by atoms with van der Waals surface area (Å²) in [5, 5.41) is 4.66. The topological polar surface area (TPSA) is 24.3 Å². The van der Waals surface area contributed by atoms with E-state index in [0.717, 1.165) is 49.6 Å². The summed E-state index contributed by atoms with van der Waals surface area (Å²) in [5.41, 5.74) is 2.24. The summed E-state index contributed by atoms with van der Waals surface area (Å²) in [4.78, 5) is 4.27. The van der Waals surface area contributed by atoms with E-state index in [1.807, 2.05) is 7.05 Å². The molecular weight excluding hydrogens is 243 g/mol. The molecule has 0 saturated carbocycles. The zero-order valence-corrected chi connectivity index (χ0v) is 11.5. The Hall–Kier alpha value is -1.36. The number of alkyl halides is 1. The lowest BCUT2D eigenvalue weighted by Gasteiger charge is -2.33. The minimum atomic E-state index is -0.617. The fraction of sp³-hybridized carbons (Fsp3) is 0.643. The van der Waals surface area contributed by atoms with E-state index in [4.69, 9.17) is 0 Å². The van der Waals surface area contributed by atoms with Crippen molar-refractivity contribution in [3.63, 3.8) is 0 Å². The Morgan fingerprint density at radius 2 is 2.26 bits per heavy atom. The van der Waals surface area contributed by atoms with Crippen molar-refractivity contribution >= 4 is 5.82 Å². The smallest absolute Gasteiger partial charge is 0.131 e. The van der Waals surface area contributed by atoms with Gasteiger partial charge in [-0.1, -0.05) is 6.58 Å². The molecule has 0 aromatic carbocycles. The number of aromatic nitrogens is 2. The van der Waals surface area contributed by atoms with Gasteiger partial charge in [-0.2, -0.15) is 5.10 Å². The van der Waals surface area contributed by atoms with Gasteiger partial charge < -0.3 is 4.90 Å². The molecule has 0 bridgehead atoms. The minimum Gasteiger partial charge on any atom is -0.334 e. The predicted octanol–water partition coefficient (Wildman–Crippen LogP) is 1.82. The number of rotatable bonds is 3. The summed E-state index contributed by atoms with van der Waals surface area (Å²) in [6.07, 6.45) is 2.40. The predicted molar refractivity (Wildman–Crippen MR) is 74.0 cm³/mol. The molecule has 3 rings (SSSR count). The lowest BCUT2D eigenvalue weighted by molar-refractivity contribution is 0.0668. The summed E-state index contributed by atoms with van der Waals surface area (Å²) in [5.74, 6) is 1.13. The van der Waals surface area contributed by atoms with E-state index in [0.29, 0.717) is 13.1 Å². The molecule has 1 aromatic heterocycles. The molecule has 0 unspecified atom stereocenters. The first-order chi connectivity index (χ1) is 9.13. The molecule has 0 atom stereocenters. The van der Waals surface area contributed by atoms with Gasteiger partial charge in [-0.3, -0.25) is 4.90 Å². The SMILES string of the molecule is C=C1CCCn2nc(CCN3CC(F)C3)cc2N1C. The van der Waals surface area contributed by atoms with Crippen LogP contribution in [0.5, 0.6) is 0 Å². The molecule has 0 radical (unpaired) electrons. The molecule has 0 amide bonds. The van der Waals surface area contributed by atoms with E-state index in [1.165, 1.54) is 0 Å². The van der Waals surface area contributed by atoms with E-state index in [1.54, 1.807) is 0 Å². The third-order valence-electron chi connectivity index (χ3n) is 4.06. The molecule has 4 nitrogen and oxygen atoms in total. The van der Waals surface area contributed by atoms with Crippen LogP contribution in [-0.4, -0.2) is 47.5 Å². The van der Waals surface area contributed by atoms with Crippen molar-refractivity contribution in [1.29, 1.82) is 0 Å². The van der Waals surface area contributed by atoms with Gasteiger partial charge in [0.25, 0.3) is 0 Å². The average Bonchev–Trinajstić information content (AvgIpc) is 2.70. The fourth-order valence-corrected chi connectivity index (χ4v) is 2.74. The fourth-order valence-electron chi connectivity index (χ4n) is 2.74. The second kappa shape index (κ2) is 4.96. The van der Waals surface area contributed by atoms with E-state index < -0.39 is 6.17 Å². The molecule has 0 aliphatic carbocycles. The third-order valence-corrected chi connectivity index (χ3v) is 4.06. The average molecular weight is 264 g/mol. The monoisotopic (exact) mass is 264 g/mol. The lowest BCUT2D eigenvalue weighted by Crippen LogP contribution is -2.48. The van der Waals surface area contributed by atoms with Crippen LogP contribution in [0.15, 0.2) is 18.3 Å². The quantitative estimate of drug-likeness (QED) is 0.832. The maximum absolute atomic E-state index is 12.7. The van der Waals surface area contributed by atoms with Gasteiger partial charge in [0.1, 0.15) is 12.0 Å². The van der Waals surface area contributed by atoms with E-state index in [2.05, 4.69) is 32.2 Å². The van der Waals surface area contributed by atoms with Crippen LogP contribution in [0.1, 0.15) is 18.5 Å². The van der Waals surface area contributed by atoms with E-state index in [9.17, 15) is 4.39 Å². The highest BCUT2D eigenvalue weighted by atomic mass is 19.1. The van der Waals surface area contributed by atoms with Gasteiger partial charge >= 0.3 is 0 Å². The van der Waals surface area contributed by atoms with Crippen molar-refractivity contribution in [2.45, 2.75) is 32.0 Å². The Labute approximate surface area is 113 Å². The maximum atomic E-state index is 12.7. The molecule has 0 N–H and O–H groups in total. The second-order valence-corrected chi connectivity index (χ2v) is 5.55. The molecule has 2 aliphatic rings. The van der Waals surface area contributed by atoms with Crippen molar-refractivity contribution in [2.75, 3.05) is 31.6 Å². The highest BCUT2D eigenvalue weighted by Crippen LogP contribution is 2.25. The van der Waals surface area contributed by atoms with Crippen LogP contribution in [0.2, 0.25) is 0 Å². The second-order valence-electron chi connectivity index (χ2n) is 5.55. The van der Waals surface area contributed by atoms with Crippen LogP contribution in [0.4, 0.5) is 10.2 Å². The third kappa shape index (κ3) is 2.52. The van der Waals surface area contributed by atoms with Gasteiger partial charge in [-0.15, -0.1) is 0 Å². The highest BCUT2D eigenvalue weighted by Gasteiger charge is 2.26. The van der Waals surface area contributed by atoms with Gasteiger partial charge in [-0.25, -0.2) is 9.07 Å². The number of halogens is 1. The number of likely N-dealkylation sites (tertiary alicyclic amines) is 1. The molecule has 104 valence electrons. The first kappa shape index (κ1) is 12.7. The number of nitrogens with zero attached hydrogens (tertiary/aromatic N) is 4. The van der Waals surface area contributed by atoms with Crippen LogP contribution in [-0.2, 0) is 13.0 Å². The summed E-state index contributed by atoms with van der Waals surface area (Å²) in [6.45, 7) is 7.14. The first-order valence-electron chi connectivity index (χ1n) is 6.98. The van der Waals surface area contributed by atoms with Crippen LogP contribution >= 0.6 is 0 Å². The van der Waals surface area contributed by atoms with E-state index in [-0.39, 0.29) is 0 Å². The lowest BCUT2D eigenvalue weighted by atomic mass is 10.1. The summed E-state index contributed by atoms with van der Waals surface area (Å²) in [7, 11) is 2.05. The Kier molecular flexibility index (Phi) is 3.31. The number of allylic oxidation sites excluding steroid dienone is 1. The number of hydrogen-bond acceptors (Lipinski definition) is 3. The van der Waals surface area contributed by atoms with Crippen molar-refractivity contribution in [1.82, 2.24) is 14.7 Å². The summed E-state index contributed by atoms with van der Waals surface area (Å²) < 4.78 is 14.8. The van der Waals surface area contributed by atoms with Gasteiger partial charge in [0.05, 0.1) is 5.69 Å². The van der Waals surface area contributed by atoms with Crippen LogP contribution < -0.4 is 4.90 Å². The van der Waals surface area contributed by atoms with Crippen molar-refractivity contribution in [2.24, 2.45) is 0 Å². The molecule has 1 aromatic rings. The minimum absolute atomic E-state index is 0.588. The Bertz CT molecular complexity index is 476. The van der Waals surface area contributed by atoms with Crippen LogP contribution in [0.3, 0.4) is 0 Å². The zero-order chi connectivity index (χ0) is 13.4. The normalized spacial score (nSPS) is 21.2. The molecule has 0 spiro atoms. The highest BCUT2D eigenvalue weighted by molar-refractivity contribution is 5.46. The van der Waals surface area contributed by atoms with E-state index >= 15 is 0 Å². The number of aryl methyl sites for hydroxylation is 1. The van der Waals surface area contributed by atoms with Crippen molar-refractivity contribution < 1.29 is 4.39 Å². The Balaban J connectivity index is 1.66. The number of fused-ring (bicyclic) bond motifs is 1. The number of hydrogen-bond donors (Lipinski definition) is 0. The standard InChI is InChI=1S/C14H21FN4/c1-11-4-3-6-19-14(17(11)2)8-13(16-19)5-7-18-9-12(15)10-18/h8,12H,1,3-7,9-10H2,2H3. The van der Waals surface area contributed by atoms with Gasteiger partial charge in [-0.05, 0) is 12.8 Å². The van der Waals surface area contributed by atoms with Crippen LogP contribution in [0, 0.1) is 0 Å². The largest absolute Gasteiger partial charge is 0.334 e. The summed E-state index contributed by atoms with van der Waals surface area (Å²) >= 11 is 0. The molecule has 3 heterocycles. The molecular formula is C14H21FN4. The Morgan fingerprint density at radius 3 is 3.00 bits per heavy atom. The van der Waals surface area contributed by atoms with Gasteiger partial charge in [0.15, 0.2) is 0 Å². The zero-order valence-electron chi connectivity index (χ0n) is 11.5. The van der Waals surface area contributed by atoms with Crippen molar-refractivity contribution in [3.05, 3.63) is 24.0 Å². The van der Waals surface area contributed by atoms with Crippen molar-refractivity contribution in [3.8, 4) is 0 Å². The number of anilines is 1. The molecule has 1 fully saturated rings. The summed E-state index contributed by atoms with van der Waals surface area (Å²) in [6, 6.07) is 2.14. The molecule has 5 heteroatoms. The van der Waals surface area contributed by atoms with Gasteiger partial charge in [0, 0.05) is 51.4 Å². The maximum Gasteiger partial charge on any atom is 0.131 e. The van der Waals surface area contributed by atoms with Crippen LogP contribution in [0.25, 0.3) is 0 Å². The first-order valence-corrected chi connectivity index (χ1v) is 6.98. The molecule has 19 heavy (non-hydrogen) atoms. The molecule has 1 saturated heterocycles. The molecule has 2 aliphatic heterocycles.